The third-order valence-corrected chi connectivity index (χ3v) is 12.7. The van der Waals surface area contributed by atoms with Crippen molar-refractivity contribution < 1.29 is 0 Å². The zero-order chi connectivity index (χ0) is 34.8. The molecule has 0 bridgehead atoms. The molecule has 0 radical (unpaired) electrons. The normalized spacial score (nSPS) is 13.0. The topological polar surface area (TPSA) is 6.48 Å². The Labute approximate surface area is 308 Å². The van der Waals surface area contributed by atoms with Crippen LogP contribution in [0.3, 0.4) is 0 Å². The summed E-state index contributed by atoms with van der Waals surface area (Å²) in [6.45, 7) is 4.54. The SMILES string of the molecule is Cc1ccc(N2c3ccc([SiH2]c4ccccc4)cc3B3c4ccccc4N(c4ccccc4)c4cc(-c5ccc6ccccc6c5)cc2c43)c(C)c1. The lowest BCUT2D eigenvalue weighted by Gasteiger charge is -2.45. The summed E-state index contributed by atoms with van der Waals surface area (Å²) in [6, 6.07) is 65.8. The number of rotatable bonds is 5. The average Bonchev–Trinajstić information content (AvgIpc) is 3.18. The molecule has 2 aliphatic rings. The predicted octanol–water partition coefficient (Wildman–Crippen LogP) is 8.33. The maximum absolute atomic E-state index is 2.56. The molecule has 0 N–H and O–H groups in total. The van der Waals surface area contributed by atoms with E-state index in [0.717, 1.165) is 0 Å². The highest BCUT2D eigenvalue weighted by molar-refractivity contribution is 7.00. The molecule has 2 aliphatic heterocycles. The number of fused-ring (bicyclic) bond motifs is 5. The van der Waals surface area contributed by atoms with E-state index in [1.807, 2.05) is 0 Å². The van der Waals surface area contributed by atoms with Crippen LogP contribution in [0.1, 0.15) is 11.1 Å². The molecule has 2 nitrogen and oxygen atoms in total. The number of benzene rings is 8. The van der Waals surface area contributed by atoms with Crippen molar-refractivity contribution in [2.45, 2.75) is 13.8 Å². The zero-order valence-corrected chi connectivity index (χ0v) is 30.8. The molecule has 0 saturated carbocycles. The van der Waals surface area contributed by atoms with Crippen LogP contribution in [0, 0.1) is 13.8 Å². The Hall–Kier alpha value is -6.10. The van der Waals surface area contributed by atoms with E-state index in [0.29, 0.717) is 0 Å². The van der Waals surface area contributed by atoms with Gasteiger partial charge in [-0.2, -0.15) is 0 Å². The van der Waals surface area contributed by atoms with Crippen LogP contribution >= 0.6 is 0 Å². The summed E-state index contributed by atoms with van der Waals surface area (Å²) in [5.74, 6) is 0. The summed E-state index contributed by atoms with van der Waals surface area (Å²) in [7, 11) is -0.671. The molecule has 8 aromatic carbocycles. The fraction of sp³-hybridized carbons (Fsp3) is 0.0417. The molecule has 0 aliphatic carbocycles. The third kappa shape index (κ3) is 5.02. The maximum Gasteiger partial charge on any atom is 0.252 e. The Morgan fingerprint density at radius 2 is 1.10 bits per heavy atom. The summed E-state index contributed by atoms with van der Waals surface area (Å²) >= 11 is 0. The Kier molecular flexibility index (Phi) is 7.26. The first-order chi connectivity index (χ1) is 25.6. The molecule has 10 rings (SSSR count). The van der Waals surface area contributed by atoms with Crippen molar-refractivity contribution in [3.05, 3.63) is 187 Å². The first-order valence-corrected chi connectivity index (χ1v) is 19.7. The lowest BCUT2D eigenvalue weighted by molar-refractivity contribution is 1.23. The summed E-state index contributed by atoms with van der Waals surface area (Å²) in [4.78, 5) is 5.07. The smallest absolute Gasteiger partial charge is 0.252 e. The Balaban J connectivity index is 1.29. The molecule has 0 atom stereocenters. The van der Waals surface area contributed by atoms with Gasteiger partial charge >= 0.3 is 0 Å². The van der Waals surface area contributed by atoms with E-state index in [2.05, 4.69) is 200 Å². The number of anilines is 6. The Bertz CT molecular complexity index is 2650. The predicted molar refractivity (Wildman–Crippen MR) is 227 cm³/mol. The van der Waals surface area contributed by atoms with Gasteiger partial charge in [0.2, 0.25) is 0 Å². The number of hydrogen-bond acceptors (Lipinski definition) is 2. The third-order valence-electron chi connectivity index (χ3n) is 11.0. The highest BCUT2D eigenvalue weighted by Gasteiger charge is 2.43. The molecule has 0 saturated heterocycles. The number of hydrogen-bond donors (Lipinski definition) is 0. The minimum Gasteiger partial charge on any atom is -0.311 e. The summed E-state index contributed by atoms with van der Waals surface area (Å²) in [5, 5.41) is 5.43. The van der Waals surface area contributed by atoms with Crippen LogP contribution in [-0.2, 0) is 0 Å². The van der Waals surface area contributed by atoms with Gasteiger partial charge < -0.3 is 9.80 Å². The molecule has 0 unspecified atom stereocenters. The molecular weight excluding hydrogens is 643 g/mol. The summed E-state index contributed by atoms with van der Waals surface area (Å²) in [5.41, 5.74) is 16.4. The van der Waals surface area contributed by atoms with E-state index in [1.165, 1.54) is 93.9 Å². The van der Waals surface area contributed by atoms with Crippen molar-refractivity contribution in [1.82, 2.24) is 0 Å². The largest absolute Gasteiger partial charge is 0.311 e. The maximum atomic E-state index is 2.56. The minimum absolute atomic E-state index is 0.0912. The van der Waals surface area contributed by atoms with E-state index in [1.54, 1.807) is 0 Å². The lowest BCUT2D eigenvalue weighted by Crippen LogP contribution is -2.62. The van der Waals surface area contributed by atoms with Crippen molar-refractivity contribution in [3.63, 3.8) is 0 Å². The molecule has 8 aromatic rings. The number of aryl methyl sites for hydroxylation is 2. The van der Waals surface area contributed by atoms with Crippen molar-refractivity contribution in [2.75, 3.05) is 9.80 Å². The van der Waals surface area contributed by atoms with Crippen LogP contribution < -0.4 is 36.6 Å². The molecule has 0 spiro atoms. The van der Waals surface area contributed by atoms with Gasteiger partial charge in [-0.25, -0.2) is 0 Å². The van der Waals surface area contributed by atoms with Gasteiger partial charge in [0.25, 0.3) is 6.71 Å². The highest BCUT2D eigenvalue weighted by Crippen LogP contribution is 2.46. The van der Waals surface area contributed by atoms with Gasteiger partial charge in [0.1, 0.15) is 0 Å². The Morgan fingerprint density at radius 1 is 0.423 bits per heavy atom. The van der Waals surface area contributed by atoms with E-state index >= 15 is 0 Å². The second-order valence-electron chi connectivity index (χ2n) is 14.3. The van der Waals surface area contributed by atoms with Crippen molar-refractivity contribution in [3.8, 4) is 11.1 Å². The fourth-order valence-electron chi connectivity index (χ4n) is 8.65. The van der Waals surface area contributed by atoms with Gasteiger partial charge in [-0.05, 0) is 106 Å². The average molecular weight is 681 g/mol. The van der Waals surface area contributed by atoms with Crippen LogP contribution in [0.25, 0.3) is 21.9 Å². The van der Waals surface area contributed by atoms with Gasteiger partial charge in [-0.15, -0.1) is 0 Å². The Morgan fingerprint density at radius 3 is 1.90 bits per heavy atom. The van der Waals surface area contributed by atoms with Gasteiger partial charge in [-0.3, -0.25) is 0 Å². The molecule has 0 aromatic heterocycles. The quantitative estimate of drug-likeness (QED) is 0.169. The van der Waals surface area contributed by atoms with E-state index < -0.39 is 9.52 Å². The molecule has 4 heteroatoms. The summed E-state index contributed by atoms with van der Waals surface area (Å²) < 4.78 is 0. The molecule has 0 fully saturated rings. The van der Waals surface area contributed by atoms with Gasteiger partial charge in [0.15, 0.2) is 0 Å². The molecule has 52 heavy (non-hydrogen) atoms. The first kappa shape index (κ1) is 30.7. The van der Waals surface area contributed by atoms with Crippen molar-refractivity contribution >= 4 is 87.9 Å². The molecule has 2 heterocycles. The lowest BCUT2D eigenvalue weighted by atomic mass is 9.33. The molecule has 0 amide bonds. The number of nitrogens with zero attached hydrogens (tertiary/aromatic N) is 2. The van der Waals surface area contributed by atoms with Crippen LogP contribution in [0.2, 0.25) is 0 Å². The van der Waals surface area contributed by atoms with E-state index in [4.69, 9.17) is 0 Å². The van der Waals surface area contributed by atoms with Crippen LogP contribution in [-0.4, -0.2) is 16.2 Å². The fourth-order valence-corrected chi connectivity index (χ4v) is 10.2. The first-order valence-electron chi connectivity index (χ1n) is 18.3. The highest BCUT2D eigenvalue weighted by atomic mass is 28.2. The van der Waals surface area contributed by atoms with Gasteiger partial charge in [-0.1, -0.05) is 143 Å². The zero-order valence-electron chi connectivity index (χ0n) is 29.4. The van der Waals surface area contributed by atoms with Gasteiger partial charge in [0, 0.05) is 34.1 Å². The summed E-state index contributed by atoms with van der Waals surface area (Å²) in [6.07, 6.45) is 0. The second kappa shape index (κ2) is 12.3. The van der Waals surface area contributed by atoms with Crippen molar-refractivity contribution in [2.24, 2.45) is 0 Å². The van der Waals surface area contributed by atoms with E-state index in [9.17, 15) is 0 Å². The molecule has 246 valence electrons. The minimum atomic E-state index is -0.671. The van der Waals surface area contributed by atoms with Crippen LogP contribution in [0.5, 0.6) is 0 Å². The van der Waals surface area contributed by atoms with Gasteiger partial charge in [0.05, 0.1) is 9.52 Å². The van der Waals surface area contributed by atoms with E-state index in [-0.39, 0.29) is 6.71 Å². The molecular formula is C48H37BN2Si. The second-order valence-corrected chi connectivity index (χ2v) is 16.3. The number of para-hydroxylation sites is 2. The van der Waals surface area contributed by atoms with Crippen LogP contribution in [0.4, 0.5) is 34.1 Å². The standard InChI is InChI=1S/C48H37BN2Si/c1-32-21-25-43(33(2)27-32)51-45-26-24-40(52-39-17-7-4-8-18-39)31-42(45)49-41-19-11-12-20-44(41)50(38-15-5-3-6-16-38)46-29-37(30-47(51)48(46)49)36-23-22-34-13-9-10-14-35(34)28-36/h3-31H,52H2,1-2H3. The van der Waals surface area contributed by atoms with Crippen molar-refractivity contribution in [1.29, 1.82) is 0 Å². The van der Waals surface area contributed by atoms with Crippen LogP contribution in [0.15, 0.2) is 176 Å². The monoisotopic (exact) mass is 680 g/mol.